The molecule has 0 aromatic rings. The van der Waals surface area contributed by atoms with E-state index in [0.29, 0.717) is 50.7 Å². The van der Waals surface area contributed by atoms with Gasteiger partial charge < -0.3 is 29.6 Å². The molecule has 252 valence electrons. The summed E-state index contributed by atoms with van der Waals surface area (Å²) in [5, 5.41) is 5.24. The summed E-state index contributed by atoms with van der Waals surface area (Å²) in [4.78, 5) is 43.8. The minimum atomic E-state index is -0.388. The normalized spacial score (nSPS) is 20.5. The number of rotatable bonds is 16. The lowest BCUT2D eigenvalue weighted by Gasteiger charge is -2.23. The number of unbranched alkanes of at least 4 members (excludes halogenated alkanes) is 4. The zero-order valence-corrected chi connectivity index (χ0v) is 27.7. The highest BCUT2D eigenvalue weighted by Crippen LogP contribution is 2.58. The number of fused-ring (bicyclic) bond motifs is 5. The van der Waals surface area contributed by atoms with Crippen molar-refractivity contribution in [3.05, 3.63) is 24.3 Å². The fraction of sp³-hybridized carbons (Fsp3) is 0.765. The molecule has 0 radical (unpaired) electrons. The van der Waals surface area contributed by atoms with Crippen LogP contribution in [0.1, 0.15) is 105 Å². The summed E-state index contributed by atoms with van der Waals surface area (Å²) in [6, 6.07) is 0. The maximum atomic E-state index is 11.0. The fourth-order valence-corrected chi connectivity index (χ4v) is 6.15. The number of alkyl carbamates (subject to hydrolysis) is 2. The molecule has 0 spiro atoms. The fourth-order valence-electron chi connectivity index (χ4n) is 6.15. The van der Waals surface area contributed by atoms with E-state index in [2.05, 4.69) is 23.8 Å². The minimum absolute atomic E-state index is 0.352. The minimum Gasteiger partial charge on any atom is -0.462 e. The van der Waals surface area contributed by atoms with Crippen LogP contribution >= 0.6 is 0 Å². The SMILES string of the molecule is C1CC2C3CCC(C3)C2C1.C=C(C)C(=O)OCCCCCNC(=O)OCC.C=C(C)C(=O)OCCCCCNC(=O)OCC. The second-order valence-electron chi connectivity index (χ2n) is 11.8. The van der Waals surface area contributed by atoms with Crippen LogP contribution in [0.25, 0.3) is 0 Å². The van der Waals surface area contributed by atoms with Gasteiger partial charge in [-0.1, -0.05) is 19.6 Å². The van der Waals surface area contributed by atoms with E-state index in [1.807, 2.05) is 0 Å². The van der Waals surface area contributed by atoms with Gasteiger partial charge in [-0.3, -0.25) is 0 Å². The molecule has 0 aromatic carbocycles. The first kappa shape index (κ1) is 39.0. The Morgan fingerprint density at radius 3 is 1.39 bits per heavy atom. The van der Waals surface area contributed by atoms with E-state index in [-0.39, 0.29) is 24.1 Å². The van der Waals surface area contributed by atoms with Gasteiger partial charge in [-0.25, -0.2) is 19.2 Å². The number of carbonyl (C=O) groups excluding carboxylic acids is 4. The summed E-state index contributed by atoms with van der Waals surface area (Å²) in [6.45, 7) is 16.4. The molecular weight excluding hydrogens is 564 g/mol. The topological polar surface area (TPSA) is 129 Å². The van der Waals surface area contributed by atoms with Crippen molar-refractivity contribution in [1.29, 1.82) is 0 Å². The predicted molar refractivity (Wildman–Crippen MR) is 171 cm³/mol. The quantitative estimate of drug-likeness (QED) is 0.0825. The van der Waals surface area contributed by atoms with E-state index in [1.165, 1.54) is 23.7 Å². The van der Waals surface area contributed by atoms with Crippen molar-refractivity contribution in [2.45, 2.75) is 105 Å². The van der Waals surface area contributed by atoms with Crippen LogP contribution in [0.4, 0.5) is 9.59 Å². The lowest BCUT2D eigenvalue weighted by Crippen LogP contribution is -2.25. The van der Waals surface area contributed by atoms with Crippen molar-refractivity contribution in [2.24, 2.45) is 23.7 Å². The summed E-state index contributed by atoms with van der Waals surface area (Å²) >= 11 is 0. The molecule has 3 fully saturated rings. The van der Waals surface area contributed by atoms with Gasteiger partial charge in [0.05, 0.1) is 26.4 Å². The van der Waals surface area contributed by atoms with E-state index in [9.17, 15) is 19.2 Å². The van der Waals surface area contributed by atoms with Gasteiger partial charge in [0.1, 0.15) is 0 Å². The van der Waals surface area contributed by atoms with Crippen LogP contribution in [0.2, 0.25) is 0 Å². The highest BCUT2D eigenvalue weighted by atomic mass is 16.6. The van der Waals surface area contributed by atoms with Crippen molar-refractivity contribution >= 4 is 24.1 Å². The molecular formula is C34H58N2O8. The average Bonchev–Trinajstić information content (AvgIpc) is 3.73. The second-order valence-corrected chi connectivity index (χ2v) is 11.8. The van der Waals surface area contributed by atoms with Crippen LogP contribution in [-0.4, -0.2) is 63.6 Å². The molecule has 10 heteroatoms. The number of nitrogens with one attached hydrogen (secondary N) is 2. The number of hydrogen-bond acceptors (Lipinski definition) is 8. The van der Waals surface area contributed by atoms with Crippen molar-refractivity contribution in [1.82, 2.24) is 10.6 Å². The number of amides is 2. The van der Waals surface area contributed by atoms with E-state index in [1.54, 1.807) is 66.2 Å². The van der Waals surface area contributed by atoms with E-state index < -0.39 is 0 Å². The monoisotopic (exact) mass is 622 g/mol. The molecule has 0 aromatic heterocycles. The first-order valence-corrected chi connectivity index (χ1v) is 16.6. The lowest BCUT2D eigenvalue weighted by molar-refractivity contribution is -0.139. The van der Waals surface area contributed by atoms with Crippen LogP contribution in [0.3, 0.4) is 0 Å². The Morgan fingerprint density at radius 2 is 1.02 bits per heavy atom. The smallest absolute Gasteiger partial charge is 0.407 e. The zero-order chi connectivity index (χ0) is 32.7. The third kappa shape index (κ3) is 16.7. The molecule has 3 aliphatic rings. The van der Waals surface area contributed by atoms with Gasteiger partial charge >= 0.3 is 24.1 Å². The lowest BCUT2D eigenvalue weighted by atomic mass is 9.82. The van der Waals surface area contributed by atoms with Gasteiger partial charge in [-0.2, -0.15) is 0 Å². The second kappa shape index (κ2) is 23.4. The van der Waals surface area contributed by atoms with E-state index in [0.717, 1.165) is 38.5 Å². The molecule has 0 heterocycles. The summed E-state index contributed by atoms with van der Waals surface area (Å²) in [5.74, 6) is 4.09. The first-order valence-electron chi connectivity index (χ1n) is 16.6. The molecule has 3 aliphatic carbocycles. The van der Waals surface area contributed by atoms with E-state index in [4.69, 9.17) is 18.9 Å². The molecule has 4 unspecified atom stereocenters. The zero-order valence-electron chi connectivity index (χ0n) is 27.7. The van der Waals surface area contributed by atoms with Crippen LogP contribution in [0, 0.1) is 23.7 Å². The molecule has 0 aliphatic heterocycles. The highest BCUT2D eigenvalue weighted by Gasteiger charge is 2.48. The van der Waals surface area contributed by atoms with Crippen LogP contribution in [-0.2, 0) is 28.5 Å². The third-order valence-electron chi connectivity index (χ3n) is 8.24. The Hall–Kier alpha value is -3.04. The average molecular weight is 623 g/mol. The standard InChI is InChI=1S/2C12H21NO4.C10H16/c2*1-4-16-12(15)13-8-6-5-7-9-17-11(14)10(2)3;1-2-9-7-4-5-8(6-7)10(9)3-1/h2*2,4-9H2,1,3H3,(H,13,15);7-10H,1-6H2. The highest BCUT2D eigenvalue weighted by molar-refractivity contribution is 5.87. The maximum absolute atomic E-state index is 11.0. The number of esters is 2. The van der Waals surface area contributed by atoms with Crippen molar-refractivity contribution in [3.8, 4) is 0 Å². The van der Waals surface area contributed by atoms with Gasteiger partial charge in [0.2, 0.25) is 0 Å². The molecule has 2 amide bonds. The number of ether oxygens (including phenoxy) is 4. The van der Waals surface area contributed by atoms with Gasteiger partial charge in [0.15, 0.2) is 0 Å². The van der Waals surface area contributed by atoms with Gasteiger partial charge in [-0.05, 0) is 122 Å². The molecule has 3 saturated carbocycles. The number of carbonyl (C=O) groups is 4. The summed E-state index contributed by atoms with van der Waals surface area (Å²) in [7, 11) is 0. The Labute approximate surface area is 265 Å². The molecule has 2 bridgehead atoms. The number of hydrogen-bond donors (Lipinski definition) is 2. The van der Waals surface area contributed by atoms with Gasteiger partial charge in [0.25, 0.3) is 0 Å². The Balaban J connectivity index is 0.000000338. The third-order valence-corrected chi connectivity index (χ3v) is 8.24. The van der Waals surface area contributed by atoms with E-state index >= 15 is 0 Å². The Bertz CT molecular complexity index is 836. The van der Waals surface area contributed by atoms with Gasteiger partial charge in [-0.15, -0.1) is 0 Å². The van der Waals surface area contributed by atoms with Crippen LogP contribution in [0.15, 0.2) is 24.3 Å². The Morgan fingerprint density at radius 1 is 0.614 bits per heavy atom. The maximum Gasteiger partial charge on any atom is 0.407 e. The molecule has 3 rings (SSSR count). The summed E-state index contributed by atoms with van der Waals surface area (Å²) < 4.78 is 19.2. The summed E-state index contributed by atoms with van der Waals surface area (Å²) in [6.07, 6.45) is 13.8. The molecule has 4 atom stereocenters. The molecule has 0 saturated heterocycles. The van der Waals surface area contributed by atoms with Crippen LogP contribution in [0.5, 0.6) is 0 Å². The first-order chi connectivity index (χ1) is 21.1. The van der Waals surface area contributed by atoms with Gasteiger partial charge in [0, 0.05) is 24.2 Å². The van der Waals surface area contributed by atoms with Crippen molar-refractivity contribution < 1.29 is 38.1 Å². The predicted octanol–water partition coefficient (Wildman–Crippen LogP) is 6.88. The molecule has 10 nitrogen and oxygen atoms in total. The Kier molecular flexibility index (Phi) is 20.7. The summed E-state index contributed by atoms with van der Waals surface area (Å²) in [5.41, 5.74) is 0.822. The molecule has 2 N–H and O–H groups in total. The van der Waals surface area contributed by atoms with Crippen LogP contribution < -0.4 is 10.6 Å². The molecule has 44 heavy (non-hydrogen) atoms. The van der Waals surface area contributed by atoms with Crippen molar-refractivity contribution in [2.75, 3.05) is 39.5 Å². The largest absolute Gasteiger partial charge is 0.462 e. The van der Waals surface area contributed by atoms with Crippen molar-refractivity contribution in [3.63, 3.8) is 0 Å².